The van der Waals surface area contributed by atoms with Gasteiger partial charge in [0.1, 0.15) is 6.61 Å². The minimum absolute atomic E-state index is 0.525. The molecule has 2 unspecified atom stereocenters. The average molecular weight is 282 g/mol. The van der Waals surface area contributed by atoms with Gasteiger partial charge < -0.3 is 9.84 Å². The van der Waals surface area contributed by atoms with Gasteiger partial charge in [0, 0.05) is 0 Å². The molecule has 0 bridgehead atoms. The standard InChI is InChI=1S/C14H25F3O2/c15-14(16,17)11-19-13-10-8-6-4-2-1-3-5-7-9-12(13)18/h12-13,18H,1-11H2. The first-order valence-corrected chi connectivity index (χ1v) is 7.35. The molecule has 0 radical (unpaired) electrons. The maximum atomic E-state index is 12.2. The van der Waals surface area contributed by atoms with Gasteiger partial charge in [0.05, 0.1) is 12.2 Å². The van der Waals surface area contributed by atoms with E-state index in [4.69, 9.17) is 4.74 Å². The average Bonchev–Trinajstić information content (AvgIpc) is 2.31. The number of alkyl halides is 3. The van der Waals surface area contributed by atoms with E-state index in [1.54, 1.807) is 0 Å². The van der Waals surface area contributed by atoms with E-state index in [1.165, 1.54) is 12.8 Å². The first-order valence-electron chi connectivity index (χ1n) is 7.35. The van der Waals surface area contributed by atoms with E-state index >= 15 is 0 Å². The van der Waals surface area contributed by atoms with Crippen LogP contribution in [0.5, 0.6) is 0 Å². The Hall–Kier alpha value is -0.290. The van der Waals surface area contributed by atoms with Gasteiger partial charge in [0.25, 0.3) is 0 Å². The molecule has 2 atom stereocenters. The number of aliphatic hydroxyl groups excluding tert-OH is 1. The Morgan fingerprint density at radius 1 is 0.842 bits per heavy atom. The summed E-state index contributed by atoms with van der Waals surface area (Å²) in [5, 5.41) is 9.96. The fourth-order valence-electron chi connectivity index (χ4n) is 2.53. The smallest absolute Gasteiger partial charge is 0.390 e. The molecule has 0 saturated heterocycles. The lowest BCUT2D eigenvalue weighted by molar-refractivity contribution is -0.196. The molecule has 1 aliphatic carbocycles. The summed E-state index contributed by atoms with van der Waals surface area (Å²) in [6, 6.07) is 0. The molecule has 0 spiro atoms. The summed E-state index contributed by atoms with van der Waals surface area (Å²) in [5.41, 5.74) is 0. The van der Waals surface area contributed by atoms with E-state index in [0.717, 1.165) is 38.5 Å². The van der Waals surface area contributed by atoms with Crippen molar-refractivity contribution in [3.63, 3.8) is 0 Å². The summed E-state index contributed by atoms with van der Waals surface area (Å²) in [7, 11) is 0. The maximum absolute atomic E-state index is 12.2. The van der Waals surface area contributed by atoms with Crippen LogP contribution in [0.2, 0.25) is 0 Å². The highest BCUT2D eigenvalue weighted by Gasteiger charge is 2.31. The van der Waals surface area contributed by atoms with Crippen LogP contribution < -0.4 is 0 Å². The van der Waals surface area contributed by atoms with Crippen molar-refractivity contribution >= 4 is 0 Å². The Bertz CT molecular complexity index is 231. The molecule has 0 amide bonds. The van der Waals surface area contributed by atoms with Crippen LogP contribution in [-0.2, 0) is 4.74 Å². The van der Waals surface area contributed by atoms with Crippen molar-refractivity contribution < 1.29 is 23.0 Å². The van der Waals surface area contributed by atoms with Gasteiger partial charge in [-0.1, -0.05) is 51.4 Å². The molecule has 114 valence electrons. The zero-order valence-corrected chi connectivity index (χ0v) is 11.4. The van der Waals surface area contributed by atoms with Gasteiger partial charge in [-0.25, -0.2) is 0 Å². The van der Waals surface area contributed by atoms with Crippen molar-refractivity contribution in [3.05, 3.63) is 0 Å². The lowest BCUT2D eigenvalue weighted by Crippen LogP contribution is -2.33. The van der Waals surface area contributed by atoms with Crippen LogP contribution in [0.4, 0.5) is 13.2 Å². The third kappa shape index (κ3) is 8.47. The first kappa shape index (κ1) is 16.8. The Kier molecular flexibility index (Phi) is 7.76. The van der Waals surface area contributed by atoms with Crippen molar-refractivity contribution in [2.75, 3.05) is 6.61 Å². The molecule has 5 heteroatoms. The Balaban J connectivity index is 2.41. The van der Waals surface area contributed by atoms with Gasteiger partial charge in [-0.2, -0.15) is 13.2 Å². The normalized spacial score (nSPS) is 28.4. The fraction of sp³-hybridized carbons (Fsp3) is 1.00. The Morgan fingerprint density at radius 2 is 1.32 bits per heavy atom. The third-order valence-corrected chi connectivity index (χ3v) is 3.63. The van der Waals surface area contributed by atoms with Crippen LogP contribution in [-0.4, -0.2) is 30.1 Å². The van der Waals surface area contributed by atoms with Crippen molar-refractivity contribution in [1.82, 2.24) is 0 Å². The number of rotatable bonds is 2. The second-order valence-corrected chi connectivity index (χ2v) is 5.44. The van der Waals surface area contributed by atoms with Crippen LogP contribution in [0.25, 0.3) is 0 Å². The van der Waals surface area contributed by atoms with Crippen LogP contribution in [0, 0.1) is 0 Å². The van der Waals surface area contributed by atoms with Crippen LogP contribution in [0.15, 0.2) is 0 Å². The van der Waals surface area contributed by atoms with Crippen molar-refractivity contribution in [2.24, 2.45) is 0 Å². The minimum Gasteiger partial charge on any atom is -0.390 e. The lowest BCUT2D eigenvalue weighted by Gasteiger charge is -2.24. The molecule has 1 saturated carbocycles. The van der Waals surface area contributed by atoms with Gasteiger partial charge in [-0.05, 0) is 12.8 Å². The zero-order valence-electron chi connectivity index (χ0n) is 11.4. The molecular weight excluding hydrogens is 257 g/mol. The van der Waals surface area contributed by atoms with Crippen molar-refractivity contribution in [3.8, 4) is 0 Å². The molecule has 0 aliphatic heterocycles. The largest absolute Gasteiger partial charge is 0.411 e. The molecule has 0 aromatic heterocycles. The second-order valence-electron chi connectivity index (χ2n) is 5.44. The highest BCUT2D eigenvalue weighted by atomic mass is 19.4. The second kappa shape index (κ2) is 8.80. The SMILES string of the molecule is OC1CCCCCCCCCCC1OCC(F)(F)F. The molecule has 1 aliphatic rings. The summed E-state index contributed by atoms with van der Waals surface area (Å²) in [6.45, 7) is -1.26. The topological polar surface area (TPSA) is 29.5 Å². The fourth-order valence-corrected chi connectivity index (χ4v) is 2.53. The molecule has 2 nitrogen and oxygen atoms in total. The Labute approximate surface area is 113 Å². The number of aliphatic hydroxyl groups is 1. The zero-order chi connectivity index (χ0) is 14.1. The summed E-state index contributed by atoms with van der Waals surface area (Å²) < 4.78 is 41.4. The van der Waals surface area contributed by atoms with E-state index in [2.05, 4.69) is 0 Å². The van der Waals surface area contributed by atoms with Gasteiger partial charge in [0.2, 0.25) is 0 Å². The number of ether oxygens (including phenoxy) is 1. The first-order chi connectivity index (χ1) is 8.99. The number of hydrogen-bond acceptors (Lipinski definition) is 2. The van der Waals surface area contributed by atoms with Gasteiger partial charge in [0.15, 0.2) is 0 Å². The molecule has 19 heavy (non-hydrogen) atoms. The highest BCUT2D eigenvalue weighted by Crippen LogP contribution is 2.22. The van der Waals surface area contributed by atoms with E-state index in [-0.39, 0.29) is 0 Å². The number of hydrogen-bond donors (Lipinski definition) is 1. The Morgan fingerprint density at radius 3 is 1.84 bits per heavy atom. The maximum Gasteiger partial charge on any atom is 0.411 e. The predicted molar refractivity (Wildman–Crippen MR) is 68.0 cm³/mol. The van der Waals surface area contributed by atoms with E-state index in [0.29, 0.717) is 12.8 Å². The van der Waals surface area contributed by atoms with Crippen molar-refractivity contribution in [1.29, 1.82) is 0 Å². The highest BCUT2D eigenvalue weighted by molar-refractivity contribution is 4.71. The molecule has 1 fully saturated rings. The predicted octanol–water partition coefficient (Wildman–Crippen LogP) is 4.21. The van der Waals surface area contributed by atoms with E-state index < -0.39 is 25.0 Å². The third-order valence-electron chi connectivity index (χ3n) is 3.63. The molecular formula is C14H25F3O2. The molecule has 1 rings (SSSR count). The van der Waals surface area contributed by atoms with Gasteiger partial charge >= 0.3 is 6.18 Å². The summed E-state index contributed by atoms with van der Waals surface area (Å²) in [4.78, 5) is 0. The van der Waals surface area contributed by atoms with Crippen LogP contribution in [0.1, 0.15) is 64.2 Å². The summed E-state index contributed by atoms with van der Waals surface area (Å²) in [6.07, 6.45) is 3.80. The number of halogens is 3. The molecule has 0 heterocycles. The summed E-state index contributed by atoms with van der Waals surface area (Å²) in [5.74, 6) is 0. The van der Waals surface area contributed by atoms with E-state index in [1.807, 2.05) is 0 Å². The lowest BCUT2D eigenvalue weighted by atomic mass is 9.97. The minimum atomic E-state index is -4.32. The molecule has 0 aromatic rings. The van der Waals surface area contributed by atoms with Crippen LogP contribution in [0.3, 0.4) is 0 Å². The quantitative estimate of drug-likeness (QED) is 0.822. The monoisotopic (exact) mass is 282 g/mol. The summed E-state index contributed by atoms with van der Waals surface area (Å²) >= 11 is 0. The van der Waals surface area contributed by atoms with Crippen molar-refractivity contribution in [2.45, 2.75) is 82.6 Å². The van der Waals surface area contributed by atoms with Gasteiger partial charge in [-0.3, -0.25) is 0 Å². The molecule has 0 aromatic carbocycles. The van der Waals surface area contributed by atoms with Gasteiger partial charge in [-0.15, -0.1) is 0 Å². The van der Waals surface area contributed by atoms with E-state index in [9.17, 15) is 18.3 Å². The molecule has 1 N–H and O–H groups in total. The van der Waals surface area contributed by atoms with Crippen LogP contribution >= 0.6 is 0 Å².